The second kappa shape index (κ2) is 6.95. The molecule has 0 aromatic heterocycles. The molecule has 1 unspecified atom stereocenters. The molecule has 0 spiro atoms. The monoisotopic (exact) mass is 271 g/mol. The molecule has 1 amide bonds. The van der Waals surface area contributed by atoms with Crippen molar-refractivity contribution in [3.05, 3.63) is 29.8 Å². The lowest BCUT2D eigenvalue weighted by atomic mass is 10.00. The number of nitriles is 1. The van der Waals surface area contributed by atoms with Crippen molar-refractivity contribution in [3.8, 4) is 6.07 Å². The highest BCUT2D eigenvalue weighted by Crippen LogP contribution is 2.16. The largest absolute Gasteiger partial charge is 0.384 e. The van der Waals surface area contributed by atoms with Crippen LogP contribution in [-0.2, 0) is 4.79 Å². The first-order chi connectivity index (χ1) is 9.69. The first-order valence-corrected chi connectivity index (χ1v) is 7.21. The number of hydrogen-bond donors (Lipinski definition) is 1. The van der Waals surface area contributed by atoms with E-state index in [1.165, 1.54) is 6.42 Å². The summed E-state index contributed by atoms with van der Waals surface area (Å²) in [5, 5.41) is 12.0. The molecule has 1 fully saturated rings. The highest BCUT2D eigenvalue weighted by molar-refractivity contribution is 5.76. The van der Waals surface area contributed by atoms with Crippen LogP contribution in [0.2, 0.25) is 0 Å². The van der Waals surface area contributed by atoms with Crippen LogP contribution >= 0.6 is 0 Å². The number of amides is 1. The van der Waals surface area contributed by atoms with Gasteiger partial charge in [0.05, 0.1) is 11.6 Å². The molecule has 4 heteroatoms. The molecule has 1 N–H and O–H groups in total. The highest BCUT2D eigenvalue weighted by atomic mass is 16.2. The van der Waals surface area contributed by atoms with E-state index in [-0.39, 0.29) is 5.91 Å². The van der Waals surface area contributed by atoms with Gasteiger partial charge in [0.25, 0.3) is 0 Å². The minimum atomic E-state index is 0.223. The van der Waals surface area contributed by atoms with Crippen LogP contribution in [0.5, 0.6) is 0 Å². The molecule has 20 heavy (non-hydrogen) atoms. The number of carbonyl (C=O) groups excluding carboxylic acids is 1. The van der Waals surface area contributed by atoms with Gasteiger partial charge in [-0.05, 0) is 37.0 Å². The fourth-order valence-electron chi connectivity index (χ4n) is 2.59. The normalized spacial score (nSPS) is 18.4. The summed E-state index contributed by atoms with van der Waals surface area (Å²) in [6.07, 6.45) is 2.84. The standard InChI is InChI=1S/C16H21N3O/c1-13-4-3-9-19(12-13)16(20)7-8-18-15-6-2-5-14(10-15)11-17/h2,5-6,10,13,18H,3-4,7-9,12H2,1H3. The summed E-state index contributed by atoms with van der Waals surface area (Å²) in [6.45, 7) is 4.60. The van der Waals surface area contributed by atoms with E-state index in [1.54, 1.807) is 12.1 Å². The van der Waals surface area contributed by atoms with Gasteiger partial charge in [0, 0.05) is 31.7 Å². The van der Waals surface area contributed by atoms with Crippen LogP contribution in [-0.4, -0.2) is 30.4 Å². The first-order valence-electron chi connectivity index (χ1n) is 7.21. The van der Waals surface area contributed by atoms with Crippen molar-refractivity contribution in [2.45, 2.75) is 26.2 Å². The number of carbonyl (C=O) groups is 1. The number of rotatable bonds is 4. The Morgan fingerprint density at radius 2 is 2.40 bits per heavy atom. The predicted octanol–water partition coefficient (Wildman–Crippen LogP) is 2.62. The van der Waals surface area contributed by atoms with E-state index in [4.69, 9.17) is 5.26 Å². The van der Waals surface area contributed by atoms with Gasteiger partial charge in [0.15, 0.2) is 0 Å². The summed E-state index contributed by atoms with van der Waals surface area (Å²) in [5.41, 5.74) is 1.52. The van der Waals surface area contributed by atoms with E-state index >= 15 is 0 Å². The lowest BCUT2D eigenvalue weighted by Crippen LogP contribution is -2.39. The maximum Gasteiger partial charge on any atom is 0.224 e. The van der Waals surface area contributed by atoms with Crippen LogP contribution in [0.3, 0.4) is 0 Å². The van der Waals surface area contributed by atoms with Gasteiger partial charge in [-0.1, -0.05) is 13.0 Å². The summed E-state index contributed by atoms with van der Waals surface area (Å²) < 4.78 is 0. The van der Waals surface area contributed by atoms with Gasteiger partial charge in [0.1, 0.15) is 0 Å². The number of likely N-dealkylation sites (tertiary alicyclic amines) is 1. The highest BCUT2D eigenvalue weighted by Gasteiger charge is 2.20. The summed E-state index contributed by atoms with van der Waals surface area (Å²) in [7, 11) is 0. The minimum absolute atomic E-state index is 0.223. The summed E-state index contributed by atoms with van der Waals surface area (Å²) in [4.78, 5) is 14.1. The molecule has 2 rings (SSSR count). The second-order valence-corrected chi connectivity index (χ2v) is 5.46. The fraction of sp³-hybridized carbons (Fsp3) is 0.500. The Morgan fingerprint density at radius 3 is 3.15 bits per heavy atom. The van der Waals surface area contributed by atoms with Gasteiger partial charge in [-0.15, -0.1) is 0 Å². The molecule has 1 aromatic rings. The number of benzene rings is 1. The van der Waals surface area contributed by atoms with Crippen molar-refractivity contribution in [1.29, 1.82) is 5.26 Å². The van der Waals surface area contributed by atoms with Crippen molar-refractivity contribution in [3.63, 3.8) is 0 Å². The van der Waals surface area contributed by atoms with Crippen LogP contribution in [0.25, 0.3) is 0 Å². The van der Waals surface area contributed by atoms with Gasteiger partial charge in [-0.3, -0.25) is 4.79 Å². The van der Waals surface area contributed by atoms with Gasteiger partial charge in [-0.2, -0.15) is 5.26 Å². The topological polar surface area (TPSA) is 56.1 Å². The van der Waals surface area contributed by atoms with Gasteiger partial charge in [0.2, 0.25) is 5.91 Å². The zero-order chi connectivity index (χ0) is 14.4. The molecular formula is C16H21N3O. The average molecular weight is 271 g/mol. The molecule has 1 aliphatic heterocycles. The molecule has 0 aliphatic carbocycles. The molecule has 1 saturated heterocycles. The third kappa shape index (κ3) is 3.99. The smallest absolute Gasteiger partial charge is 0.224 e. The average Bonchev–Trinajstić information content (AvgIpc) is 2.47. The van der Waals surface area contributed by atoms with E-state index in [0.29, 0.717) is 24.4 Å². The van der Waals surface area contributed by atoms with Crippen molar-refractivity contribution >= 4 is 11.6 Å². The lowest BCUT2D eigenvalue weighted by Gasteiger charge is -2.31. The Bertz CT molecular complexity index is 507. The lowest BCUT2D eigenvalue weighted by molar-refractivity contribution is -0.132. The van der Waals surface area contributed by atoms with Crippen molar-refractivity contribution in [2.24, 2.45) is 5.92 Å². The van der Waals surface area contributed by atoms with Crippen LogP contribution in [0, 0.1) is 17.2 Å². The molecular weight excluding hydrogens is 250 g/mol. The third-order valence-electron chi connectivity index (χ3n) is 3.67. The number of nitrogens with zero attached hydrogens (tertiary/aromatic N) is 2. The third-order valence-corrected chi connectivity index (χ3v) is 3.67. The van der Waals surface area contributed by atoms with Crippen LogP contribution in [0.4, 0.5) is 5.69 Å². The maximum atomic E-state index is 12.1. The van der Waals surface area contributed by atoms with Gasteiger partial charge < -0.3 is 10.2 Å². The van der Waals surface area contributed by atoms with Crippen molar-refractivity contribution in [1.82, 2.24) is 4.90 Å². The minimum Gasteiger partial charge on any atom is -0.384 e. The maximum absolute atomic E-state index is 12.1. The molecule has 0 saturated carbocycles. The van der Waals surface area contributed by atoms with E-state index in [9.17, 15) is 4.79 Å². The number of hydrogen-bond acceptors (Lipinski definition) is 3. The number of nitrogens with one attached hydrogen (secondary N) is 1. The Morgan fingerprint density at radius 1 is 1.55 bits per heavy atom. The predicted molar refractivity (Wildman–Crippen MR) is 79.2 cm³/mol. The van der Waals surface area contributed by atoms with E-state index in [2.05, 4.69) is 18.3 Å². The SMILES string of the molecule is CC1CCCN(C(=O)CCNc2cccc(C#N)c2)C1. The molecule has 0 bridgehead atoms. The van der Waals surface area contributed by atoms with E-state index < -0.39 is 0 Å². The molecule has 1 aromatic carbocycles. The molecule has 106 valence electrons. The van der Waals surface area contributed by atoms with Crippen LogP contribution in [0.15, 0.2) is 24.3 Å². The quantitative estimate of drug-likeness (QED) is 0.915. The van der Waals surface area contributed by atoms with E-state index in [0.717, 1.165) is 25.2 Å². The Balaban J connectivity index is 1.77. The molecule has 1 atom stereocenters. The molecule has 4 nitrogen and oxygen atoms in total. The summed E-state index contributed by atoms with van der Waals surface area (Å²) in [5.74, 6) is 0.841. The summed E-state index contributed by atoms with van der Waals surface area (Å²) in [6, 6.07) is 9.43. The zero-order valence-electron chi connectivity index (χ0n) is 11.9. The van der Waals surface area contributed by atoms with Crippen LogP contribution in [0.1, 0.15) is 31.7 Å². The van der Waals surface area contributed by atoms with Crippen molar-refractivity contribution < 1.29 is 4.79 Å². The Kier molecular flexibility index (Phi) is 5.00. The number of anilines is 1. The van der Waals surface area contributed by atoms with Crippen LogP contribution < -0.4 is 5.32 Å². The Hall–Kier alpha value is -2.02. The molecule has 0 radical (unpaired) electrons. The Labute approximate surface area is 120 Å². The fourth-order valence-corrected chi connectivity index (χ4v) is 2.59. The first kappa shape index (κ1) is 14.4. The van der Waals surface area contributed by atoms with E-state index in [1.807, 2.05) is 17.0 Å². The van der Waals surface area contributed by atoms with Gasteiger partial charge in [-0.25, -0.2) is 0 Å². The second-order valence-electron chi connectivity index (χ2n) is 5.46. The molecule has 1 heterocycles. The zero-order valence-corrected chi connectivity index (χ0v) is 11.9. The van der Waals surface area contributed by atoms with Crippen molar-refractivity contribution in [2.75, 3.05) is 25.0 Å². The molecule has 1 aliphatic rings. The van der Waals surface area contributed by atoms with Gasteiger partial charge >= 0.3 is 0 Å². The number of piperidine rings is 1. The summed E-state index contributed by atoms with van der Waals surface area (Å²) >= 11 is 0.